The van der Waals surface area contributed by atoms with Crippen molar-refractivity contribution in [1.29, 1.82) is 0 Å². The monoisotopic (exact) mass is 533 g/mol. The molecule has 0 aliphatic heterocycles. The van der Waals surface area contributed by atoms with Crippen molar-refractivity contribution in [3.8, 4) is 11.1 Å². The predicted molar refractivity (Wildman–Crippen MR) is 156 cm³/mol. The fourth-order valence-electron chi connectivity index (χ4n) is 4.89. The van der Waals surface area contributed by atoms with E-state index >= 15 is 0 Å². The number of amides is 2. The van der Waals surface area contributed by atoms with Gasteiger partial charge in [-0.15, -0.1) is 0 Å². The minimum absolute atomic E-state index is 0.0267. The number of rotatable bonds is 10. The Kier molecular flexibility index (Phi) is 8.62. The molecule has 1 aliphatic rings. The zero-order chi connectivity index (χ0) is 27.4. The van der Waals surface area contributed by atoms with Crippen molar-refractivity contribution >= 4 is 40.7 Å². The van der Waals surface area contributed by atoms with Crippen LogP contribution < -0.4 is 15.5 Å². The topological polar surface area (TPSA) is 81.7 Å². The molecule has 4 rings (SSSR count). The average molecular weight is 534 g/mol. The molecule has 7 heteroatoms. The third kappa shape index (κ3) is 6.87. The molecule has 1 fully saturated rings. The minimum Gasteiger partial charge on any atom is -0.481 e. The molecule has 3 aromatic rings. The van der Waals surface area contributed by atoms with Gasteiger partial charge in [0.1, 0.15) is 0 Å². The Balaban J connectivity index is 1.60. The average Bonchev–Trinajstić information content (AvgIpc) is 3.65. The SMILES string of the molecule is CC(C)CN(CC(C)C)c1ccc([C@H]2C[C@H]2C(=O)O)cc1NC(=O)Nc1cccc(-c2ccccc2Cl)c1. The molecule has 200 valence electrons. The van der Waals surface area contributed by atoms with E-state index in [-0.39, 0.29) is 17.9 Å². The molecule has 1 aliphatic carbocycles. The molecule has 0 spiro atoms. The molecular formula is C31H36ClN3O3. The van der Waals surface area contributed by atoms with Gasteiger partial charge in [0.05, 0.1) is 17.3 Å². The van der Waals surface area contributed by atoms with Crippen LogP contribution in [0.3, 0.4) is 0 Å². The number of nitrogens with one attached hydrogen (secondary N) is 2. The number of nitrogens with zero attached hydrogens (tertiary/aromatic N) is 1. The van der Waals surface area contributed by atoms with E-state index in [0.717, 1.165) is 35.5 Å². The Morgan fingerprint density at radius 1 is 0.947 bits per heavy atom. The van der Waals surface area contributed by atoms with Crippen LogP contribution in [0.25, 0.3) is 11.1 Å². The van der Waals surface area contributed by atoms with Gasteiger partial charge in [0.2, 0.25) is 0 Å². The molecule has 6 nitrogen and oxygen atoms in total. The second-order valence-corrected chi connectivity index (χ2v) is 11.3. The maximum absolute atomic E-state index is 13.2. The number of benzene rings is 3. The van der Waals surface area contributed by atoms with Gasteiger partial charge in [-0.1, -0.05) is 75.7 Å². The van der Waals surface area contributed by atoms with E-state index in [9.17, 15) is 14.7 Å². The third-order valence-electron chi connectivity index (χ3n) is 6.62. The number of urea groups is 1. The molecular weight excluding hydrogens is 498 g/mol. The molecule has 0 bridgehead atoms. The van der Waals surface area contributed by atoms with Crippen LogP contribution in [0, 0.1) is 17.8 Å². The van der Waals surface area contributed by atoms with Crippen molar-refractivity contribution < 1.29 is 14.7 Å². The molecule has 1 saturated carbocycles. The number of anilines is 3. The number of carbonyl (C=O) groups is 2. The fraction of sp³-hybridized carbons (Fsp3) is 0.355. The van der Waals surface area contributed by atoms with Crippen LogP contribution in [-0.2, 0) is 4.79 Å². The number of hydrogen-bond donors (Lipinski definition) is 3. The van der Waals surface area contributed by atoms with Gasteiger partial charge in [0, 0.05) is 29.4 Å². The van der Waals surface area contributed by atoms with E-state index in [2.05, 4.69) is 43.2 Å². The lowest BCUT2D eigenvalue weighted by Gasteiger charge is -2.30. The van der Waals surface area contributed by atoms with Crippen molar-refractivity contribution in [2.45, 2.75) is 40.0 Å². The first-order valence-electron chi connectivity index (χ1n) is 13.2. The summed E-state index contributed by atoms with van der Waals surface area (Å²) in [5, 5.41) is 16.1. The van der Waals surface area contributed by atoms with Gasteiger partial charge in [-0.05, 0) is 65.6 Å². The number of carboxylic acids is 1. The second kappa shape index (κ2) is 11.9. The molecule has 0 heterocycles. The van der Waals surface area contributed by atoms with Crippen molar-refractivity contribution in [2.24, 2.45) is 17.8 Å². The van der Waals surface area contributed by atoms with E-state index < -0.39 is 5.97 Å². The van der Waals surface area contributed by atoms with Crippen LogP contribution in [0.15, 0.2) is 66.7 Å². The zero-order valence-corrected chi connectivity index (χ0v) is 23.1. The Hall–Kier alpha value is -3.51. The Morgan fingerprint density at radius 3 is 2.29 bits per heavy atom. The highest BCUT2D eigenvalue weighted by Gasteiger charge is 2.44. The third-order valence-corrected chi connectivity index (χ3v) is 6.95. The predicted octanol–water partition coefficient (Wildman–Crippen LogP) is 7.96. The van der Waals surface area contributed by atoms with Crippen molar-refractivity contribution in [1.82, 2.24) is 0 Å². The van der Waals surface area contributed by atoms with Gasteiger partial charge in [-0.2, -0.15) is 0 Å². The molecule has 0 radical (unpaired) electrons. The largest absolute Gasteiger partial charge is 0.481 e. The molecule has 2 atom stereocenters. The molecule has 0 aromatic heterocycles. The van der Waals surface area contributed by atoms with Gasteiger partial charge >= 0.3 is 12.0 Å². The Bertz CT molecular complexity index is 1300. The number of hydrogen-bond acceptors (Lipinski definition) is 3. The number of halogens is 1. The first-order valence-corrected chi connectivity index (χ1v) is 13.5. The normalized spacial score (nSPS) is 16.4. The van der Waals surface area contributed by atoms with Crippen molar-refractivity contribution in [3.63, 3.8) is 0 Å². The van der Waals surface area contributed by atoms with E-state index in [4.69, 9.17) is 11.6 Å². The molecule has 2 amide bonds. The highest BCUT2D eigenvalue weighted by molar-refractivity contribution is 6.33. The Labute approximate surface area is 230 Å². The number of carbonyl (C=O) groups excluding carboxylic acids is 1. The van der Waals surface area contributed by atoms with E-state index in [0.29, 0.717) is 34.7 Å². The van der Waals surface area contributed by atoms with Gasteiger partial charge in [0.15, 0.2) is 0 Å². The van der Waals surface area contributed by atoms with Crippen LogP contribution in [0.2, 0.25) is 5.02 Å². The standard InChI is InChI=1S/C31H36ClN3O3/c1-19(2)17-35(18-20(3)4)29-13-12-22(25-16-26(25)30(36)37)15-28(29)34-31(38)33-23-9-7-8-21(14-23)24-10-5-6-11-27(24)32/h5-15,19-20,25-26H,16-18H2,1-4H3,(H,36,37)(H2,33,34,38)/t25-,26-/m1/s1. The highest BCUT2D eigenvalue weighted by Crippen LogP contribution is 2.49. The van der Waals surface area contributed by atoms with Crippen LogP contribution in [0.1, 0.15) is 45.6 Å². The summed E-state index contributed by atoms with van der Waals surface area (Å²) < 4.78 is 0. The molecule has 0 saturated heterocycles. The lowest BCUT2D eigenvalue weighted by molar-refractivity contribution is -0.138. The Morgan fingerprint density at radius 2 is 1.66 bits per heavy atom. The van der Waals surface area contributed by atoms with Crippen LogP contribution in [-0.4, -0.2) is 30.2 Å². The first kappa shape index (κ1) is 27.5. The summed E-state index contributed by atoms with van der Waals surface area (Å²) in [5.41, 5.74) is 5.00. The van der Waals surface area contributed by atoms with E-state index in [1.165, 1.54) is 0 Å². The molecule has 0 unspecified atom stereocenters. The summed E-state index contributed by atoms with van der Waals surface area (Å²) in [7, 11) is 0. The quantitative estimate of drug-likeness (QED) is 0.247. The van der Waals surface area contributed by atoms with E-state index in [1.807, 2.05) is 66.7 Å². The van der Waals surface area contributed by atoms with Crippen LogP contribution in [0.5, 0.6) is 0 Å². The maximum Gasteiger partial charge on any atom is 0.323 e. The lowest BCUT2D eigenvalue weighted by Crippen LogP contribution is -2.32. The summed E-state index contributed by atoms with van der Waals surface area (Å²) >= 11 is 6.38. The summed E-state index contributed by atoms with van der Waals surface area (Å²) in [5.74, 6) is -0.297. The molecule has 3 N–H and O–H groups in total. The molecule has 3 aromatic carbocycles. The smallest absolute Gasteiger partial charge is 0.323 e. The highest BCUT2D eigenvalue weighted by atomic mass is 35.5. The van der Waals surface area contributed by atoms with Gasteiger partial charge in [0.25, 0.3) is 0 Å². The zero-order valence-electron chi connectivity index (χ0n) is 22.4. The summed E-state index contributed by atoms with van der Waals surface area (Å²) in [4.78, 5) is 27.0. The minimum atomic E-state index is -0.772. The van der Waals surface area contributed by atoms with Gasteiger partial charge in [-0.25, -0.2) is 4.79 Å². The second-order valence-electron chi connectivity index (χ2n) is 10.9. The van der Waals surface area contributed by atoms with Crippen molar-refractivity contribution in [3.05, 3.63) is 77.3 Å². The van der Waals surface area contributed by atoms with Crippen molar-refractivity contribution in [2.75, 3.05) is 28.6 Å². The van der Waals surface area contributed by atoms with Crippen LogP contribution in [0.4, 0.5) is 21.9 Å². The fourth-order valence-corrected chi connectivity index (χ4v) is 5.14. The lowest BCUT2D eigenvalue weighted by atomic mass is 10.0. The van der Waals surface area contributed by atoms with E-state index in [1.54, 1.807) is 0 Å². The summed E-state index contributed by atoms with van der Waals surface area (Å²) in [6, 6.07) is 20.8. The van der Waals surface area contributed by atoms with Gasteiger partial charge in [-0.3, -0.25) is 4.79 Å². The number of carboxylic acid groups (broad SMARTS) is 1. The summed E-state index contributed by atoms with van der Waals surface area (Å²) in [6.07, 6.45) is 0.622. The first-order chi connectivity index (χ1) is 18.1. The molecule has 38 heavy (non-hydrogen) atoms. The summed E-state index contributed by atoms with van der Waals surface area (Å²) in [6.45, 7) is 10.4. The van der Waals surface area contributed by atoms with Crippen LogP contribution >= 0.6 is 11.6 Å². The number of aliphatic carboxylic acids is 1. The maximum atomic E-state index is 13.2. The van der Waals surface area contributed by atoms with Gasteiger partial charge < -0.3 is 20.6 Å².